The first-order chi connectivity index (χ1) is 16.6. The lowest BCUT2D eigenvalue weighted by molar-refractivity contribution is 0.230. The van der Waals surface area contributed by atoms with Crippen LogP contribution in [0.5, 0.6) is 28.7 Å². The van der Waals surface area contributed by atoms with Gasteiger partial charge in [-0.05, 0) is 62.3 Å². The molecule has 8 heteroatoms. The van der Waals surface area contributed by atoms with Crippen molar-refractivity contribution in [1.29, 1.82) is 0 Å². The summed E-state index contributed by atoms with van der Waals surface area (Å²) in [6.07, 6.45) is 3.59. The van der Waals surface area contributed by atoms with E-state index in [0.717, 1.165) is 5.57 Å². The van der Waals surface area contributed by atoms with Gasteiger partial charge in [0.1, 0.15) is 16.7 Å². The zero-order valence-corrected chi connectivity index (χ0v) is 20.6. The third-order valence-electron chi connectivity index (χ3n) is 5.94. The van der Waals surface area contributed by atoms with E-state index in [1.807, 2.05) is 26.8 Å². The highest BCUT2D eigenvalue weighted by atomic mass is 16.5. The standard InChI is InChI=1S/C27H32O8/c1-14(2)6-8-16-10-18(11-17(22(16)30)9-7-15(3)13-28)25-27(34-5)24(32)21-20(35-25)12-19(29)26(33-4)23(21)31/h6,10-12,15,28-31H,7-9,13H2,1-5H3/t15-/m1/s1. The maximum absolute atomic E-state index is 13.3. The Labute approximate surface area is 203 Å². The van der Waals surface area contributed by atoms with Gasteiger partial charge in [0.2, 0.25) is 16.9 Å². The molecule has 0 saturated heterocycles. The SMILES string of the molecule is COc1c(O)cc2oc(-c3cc(CC=C(C)C)c(O)c(CC[C@@H](C)CO)c3)c(OC)c(=O)c2c1O. The topological polar surface area (TPSA) is 130 Å². The van der Waals surface area contributed by atoms with Crippen LogP contribution in [0.25, 0.3) is 22.3 Å². The predicted molar refractivity (Wildman–Crippen MR) is 134 cm³/mol. The Morgan fingerprint density at radius 3 is 2.29 bits per heavy atom. The van der Waals surface area contributed by atoms with Crippen molar-refractivity contribution in [1.82, 2.24) is 0 Å². The summed E-state index contributed by atoms with van der Waals surface area (Å²) in [5.41, 5.74) is 2.19. The molecule has 35 heavy (non-hydrogen) atoms. The smallest absolute Gasteiger partial charge is 0.239 e. The molecule has 2 aromatic carbocycles. The average molecular weight is 485 g/mol. The number of aromatic hydroxyl groups is 3. The maximum Gasteiger partial charge on any atom is 0.239 e. The fourth-order valence-corrected chi connectivity index (χ4v) is 3.91. The van der Waals surface area contributed by atoms with E-state index in [4.69, 9.17) is 13.9 Å². The van der Waals surface area contributed by atoms with Crippen LogP contribution in [0, 0.1) is 5.92 Å². The first kappa shape index (κ1) is 26.0. The van der Waals surface area contributed by atoms with Crippen LogP contribution in [0.15, 0.2) is 39.1 Å². The predicted octanol–water partition coefficient (Wildman–Crippen LogP) is 4.66. The van der Waals surface area contributed by atoms with Crippen LogP contribution in [0.4, 0.5) is 0 Å². The third-order valence-corrected chi connectivity index (χ3v) is 5.94. The highest BCUT2D eigenvalue weighted by molar-refractivity contribution is 5.91. The van der Waals surface area contributed by atoms with Crippen molar-refractivity contribution >= 4 is 11.0 Å². The largest absolute Gasteiger partial charge is 0.507 e. The lowest BCUT2D eigenvalue weighted by atomic mass is 9.94. The first-order valence-electron chi connectivity index (χ1n) is 11.4. The lowest BCUT2D eigenvalue weighted by Crippen LogP contribution is -2.09. The van der Waals surface area contributed by atoms with Crippen LogP contribution < -0.4 is 14.9 Å². The number of aryl methyl sites for hydroxylation is 1. The van der Waals surface area contributed by atoms with Crippen molar-refractivity contribution in [2.45, 2.75) is 40.0 Å². The zero-order chi connectivity index (χ0) is 25.9. The van der Waals surface area contributed by atoms with Gasteiger partial charge in [-0.1, -0.05) is 18.6 Å². The Hall–Kier alpha value is -3.65. The van der Waals surface area contributed by atoms with Crippen LogP contribution >= 0.6 is 0 Å². The summed E-state index contributed by atoms with van der Waals surface area (Å²) >= 11 is 0. The number of aliphatic hydroxyl groups is 1. The molecule has 4 N–H and O–H groups in total. The molecule has 0 aliphatic rings. The van der Waals surface area contributed by atoms with Gasteiger partial charge in [0, 0.05) is 18.2 Å². The molecule has 0 amide bonds. The second-order valence-electron chi connectivity index (χ2n) is 8.90. The summed E-state index contributed by atoms with van der Waals surface area (Å²) in [6.45, 7) is 5.88. The van der Waals surface area contributed by atoms with E-state index in [1.54, 1.807) is 12.1 Å². The number of fused-ring (bicyclic) bond motifs is 1. The number of phenols is 3. The number of aliphatic hydroxyl groups excluding tert-OH is 1. The molecule has 1 aromatic heterocycles. The van der Waals surface area contributed by atoms with Crippen molar-refractivity contribution in [3.05, 3.63) is 51.2 Å². The van der Waals surface area contributed by atoms with Gasteiger partial charge < -0.3 is 34.3 Å². The minimum atomic E-state index is -0.631. The minimum Gasteiger partial charge on any atom is -0.507 e. The van der Waals surface area contributed by atoms with E-state index in [-0.39, 0.29) is 52.3 Å². The van der Waals surface area contributed by atoms with Gasteiger partial charge in [-0.15, -0.1) is 0 Å². The number of allylic oxidation sites excluding steroid dienone is 2. The van der Waals surface area contributed by atoms with Crippen molar-refractivity contribution in [3.8, 4) is 40.1 Å². The van der Waals surface area contributed by atoms with Crippen LogP contribution in [-0.2, 0) is 12.8 Å². The average Bonchev–Trinajstić information content (AvgIpc) is 2.82. The number of methoxy groups -OCH3 is 2. The Balaban J connectivity index is 2.30. The van der Waals surface area contributed by atoms with E-state index in [2.05, 4.69) is 0 Å². The first-order valence-corrected chi connectivity index (χ1v) is 11.4. The minimum absolute atomic E-state index is 0.0366. The molecule has 0 saturated carbocycles. The summed E-state index contributed by atoms with van der Waals surface area (Å²) in [7, 11) is 2.59. The van der Waals surface area contributed by atoms with Gasteiger partial charge in [0.25, 0.3) is 0 Å². The van der Waals surface area contributed by atoms with Gasteiger partial charge in [-0.2, -0.15) is 0 Å². The van der Waals surface area contributed by atoms with Crippen molar-refractivity contribution < 1.29 is 34.3 Å². The fraction of sp³-hybridized carbons (Fsp3) is 0.370. The Morgan fingerprint density at radius 2 is 1.69 bits per heavy atom. The van der Waals surface area contributed by atoms with Crippen LogP contribution in [0.2, 0.25) is 0 Å². The van der Waals surface area contributed by atoms with Gasteiger partial charge in [0.05, 0.1) is 14.2 Å². The molecule has 3 aromatic rings. The third kappa shape index (κ3) is 5.22. The molecule has 0 radical (unpaired) electrons. The van der Waals surface area contributed by atoms with E-state index in [0.29, 0.717) is 36.0 Å². The molecule has 3 rings (SSSR count). The monoisotopic (exact) mass is 484 g/mol. The highest BCUT2D eigenvalue weighted by Crippen LogP contribution is 2.44. The summed E-state index contributed by atoms with van der Waals surface area (Å²) < 4.78 is 16.4. The summed E-state index contributed by atoms with van der Waals surface area (Å²) in [5.74, 6) is -1.00. The quantitative estimate of drug-likeness (QED) is 0.323. The summed E-state index contributed by atoms with van der Waals surface area (Å²) in [6, 6.07) is 4.65. The molecule has 0 aliphatic carbocycles. The second-order valence-corrected chi connectivity index (χ2v) is 8.90. The number of hydrogen-bond donors (Lipinski definition) is 4. The van der Waals surface area contributed by atoms with Gasteiger partial charge >= 0.3 is 0 Å². The van der Waals surface area contributed by atoms with E-state index in [1.165, 1.54) is 20.3 Å². The lowest BCUT2D eigenvalue weighted by Gasteiger charge is -2.16. The van der Waals surface area contributed by atoms with E-state index in [9.17, 15) is 25.2 Å². The highest BCUT2D eigenvalue weighted by Gasteiger charge is 2.24. The van der Waals surface area contributed by atoms with Gasteiger partial charge in [-0.3, -0.25) is 4.79 Å². The molecule has 1 atom stereocenters. The van der Waals surface area contributed by atoms with E-state index < -0.39 is 11.2 Å². The van der Waals surface area contributed by atoms with E-state index >= 15 is 0 Å². The summed E-state index contributed by atoms with van der Waals surface area (Å²) in [5, 5.41) is 40.9. The number of rotatable bonds is 9. The Kier molecular flexibility index (Phi) is 7.96. The molecule has 0 bridgehead atoms. The molecule has 0 spiro atoms. The molecule has 0 aliphatic heterocycles. The summed E-state index contributed by atoms with van der Waals surface area (Å²) in [4.78, 5) is 13.3. The molecule has 8 nitrogen and oxygen atoms in total. The molecule has 0 unspecified atom stereocenters. The van der Waals surface area contributed by atoms with Crippen LogP contribution in [0.3, 0.4) is 0 Å². The number of benzene rings is 2. The van der Waals surface area contributed by atoms with Crippen molar-refractivity contribution in [3.63, 3.8) is 0 Å². The number of phenolic OH excluding ortho intramolecular Hbond substituents is 3. The van der Waals surface area contributed by atoms with Crippen molar-refractivity contribution in [2.24, 2.45) is 5.92 Å². The molecule has 0 fully saturated rings. The molecule has 188 valence electrons. The van der Waals surface area contributed by atoms with Crippen LogP contribution in [-0.4, -0.2) is 41.3 Å². The molecular formula is C27H32O8. The Bertz CT molecular complexity index is 1320. The zero-order valence-electron chi connectivity index (χ0n) is 20.6. The van der Waals surface area contributed by atoms with Gasteiger partial charge in [-0.25, -0.2) is 0 Å². The van der Waals surface area contributed by atoms with Crippen LogP contribution in [0.1, 0.15) is 38.3 Å². The molecule has 1 heterocycles. The normalized spacial score (nSPS) is 11.9. The molecular weight excluding hydrogens is 452 g/mol. The second kappa shape index (κ2) is 10.7. The number of ether oxygens (including phenoxy) is 2. The van der Waals surface area contributed by atoms with Gasteiger partial charge in [0.15, 0.2) is 17.3 Å². The van der Waals surface area contributed by atoms with Crippen molar-refractivity contribution in [2.75, 3.05) is 20.8 Å². The Morgan fingerprint density at radius 1 is 1.03 bits per heavy atom. The fourth-order valence-electron chi connectivity index (χ4n) is 3.91. The number of hydrogen-bond acceptors (Lipinski definition) is 8. The maximum atomic E-state index is 13.3.